The molecule has 1 fully saturated rings. The van der Waals surface area contributed by atoms with Gasteiger partial charge in [0.1, 0.15) is 23.6 Å². The number of hydrogen-bond acceptors (Lipinski definition) is 5. The lowest BCUT2D eigenvalue weighted by atomic mass is 10.1. The molecule has 5 heteroatoms. The van der Waals surface area contributed by atoms with Crippen molar-refractivity contribution in [1.82, 2.24) is 15.3 Å². The monoisotopic (exact) mass is 420 g/mol. The highest BCUT2D eigenvalue weighted by molar-refractivity contribution is 5.91. The van der Waals surface area contributed by atoms with Gasteiger partial charge in [-0.2, -0.15) is 0 Å². The second-order valence-corrected chi connectivity index (χ2v) is 7.93. The average molecular weight is 421 g/mol. The van der Waals surface area contributed by atoms with Crippen molar-refractivity contribution in [2.24, 2.45) is 5.92 Å². The number of fused-ring (bicyclic) bond motifs is 1. The van der Waals surface area contributed by atoms with Gasteiger partial charge in [-0.1, -0.05) is 30.0 Å². The van der Waals surface area contributed by atoms with Crippen LogP contribution in [0.15, 0.2) is 73.1 Å². The number of ether oxygens (including phenoxy) is 1. The van der Waals surface area contributed by atoms with Crippen molar-refractivity contribution in [3.8, 4) is 23.3 Å². The molecule has 0 aliphatic carbocycles. The number of nitrogens with one attached hydrogen (secondary N) is 2. The molecular weight excluding hydrogens is 396 g/mol. The predicted octanol–water partition coefficient (Wildman–Crippen LogP) is 5.44. The maximum absolute atomic E-state index is 6.00. The van der Waals surface area contributed by atoms with Crippen molar-refractivity contribution in [2.75, 3.05) is 18.4 Å². The second-order valence-electron chi connectivity index (χ2n) is 7.93. The van der Waals surface area contributed by atoms with E-state index in [-0.39, 0.29) is 0 Å². The van der Waals surface area contributed by atoms with E-state index in [1.807, 2.05) is 61.5 Å². The van der Waals surface area contributed by atoms with Crippen molar-refractivity contribution in [1.29, 1.82) is 0 Å². The van der Waals surface area contributed by atoms with E-state index in [4.69, 9.17) is 4.74 Å². The topological polar surface area (TPSA) is 59.1 Å². The smallest absolute Gasteiger partial charge is 0.141 e. The molecule has 1 aliphatic rings. The van der Waals surface area contributed by atoms with Gasteiger partial charge in [0.25, 0.3) is 0 Å². The van der Waals surface area contributed by atoms with Crippen LogP contribution in [0.3, 0.4) is 0 Å². The summed E-state index contributed by atoms with van der Waals surface area (Å²) in [6, 6.07) is 21.9. The first-order valence-corrected chi connectivity index (χ1v) is 10.8. The van der Waals surface area contributed by atoms with Crippen LogP contribution in [0.5, 0.6) is 11.5 Å². The zero-order valence-electron chi connectivity index (χ0n) is 17.9. The van der Waals surface area contributed by atoms with E-state index >= 15 is 0 Å². The summed E-state index contributed by atoms with van der Waals surface area (Å²) in [5, 5.41) is 7.74. The minimum atomic E-state index is 0.426. The summed E-state index contributed by atoms with van der Waals surface area (Å²) in [5.74, 6) is 9.53. The van der Waals surface area contributed by atoms with E-state index in [9.17, 15) is 0 Å². The molecule has 1 unspecified atom stereocenters. The van der Waals surface area contributed by atoms with Gasteiger partial charge in [0, 0.05) is 29.1 Å². The Bertz CT molecular complexity index is 1300. The minimum Gasteiger partial charge on any atom is -0.457 e. The van der Waals surface area contributed by atoms with Gasteiger partial charge in [0.2, 0.25) is 0 Å². The number of benzene rings is 3. The standard InChI is InChI=1S/C27H24N4O/c1-19-15-22(10-12-26(19)32-23-5-3-2-4-6-23)31-27-24-16-20(7-8-21-13-14-28-17-21)9-11-25(24)29-18-30-27/h2-6,9-12,15-16,18,21,28H,13-14,17H2,1H3,(H,29,30,31). The molecule has 32 heavy (non-hydrogen) atoms. The molecule has 4 aromatic rings. The van der Waals surface area contributed by atoms with Gasteiger partial charge in [-0.15, -0.1) is 0 Å². The van der Waals surface area contributed by atoms with Gasteiger partial charge < -0.3 is 15.4 Å². The molecular formula is C27H24N4O. The molecule has 2 N–H and O–H groups in total. The van der Waals surface area contributed by atoms with Crippen LogP contribution in [0.4, 0.5) is 11.5 Å². The third kappa shape index (κ3) is 4.56. The summed E-state index contributed by atoms with van der Waals surface area (Å²) < 4.78 is 6.00. The maximum Gasteiger partial charge on any atom is 0.141 e. The van der Waals surface area contributed by atoms with Crippen LogP contribution >= 0.6 is 0 Å². The highest BCUT2D eigenvalue weighted by Gasteiger charge is 2.11. The van der Waals surface area contributed by atoms with E-state index in [0.717, 1.165) is 64.5 Å². The van der Waals surface area contributed by atoms with E-state index in [2.05, 4.69) is 44.6 Å². The molecule has 0 saturated carbocycles. The number of hydrogen-bond donors (Lipinski definition) is 2. The molecule has 1 aliphatic heterocycles. The molecule has 2 heterocycles. The molecule has 1 aromatic heterocycles. The van der Waals surface area contributed by atoms with Gasteiger partial charge in [-0.3, -0.25) is 0 Å². The Morgan fingerprint density at radius 2 is 1.94 bits per heavy atom. The Hall–Kier alpha value is -3.88. The molecule has 158 valence electrons. The number of rotatable bonds is 4. The Balaban J connectivity index is 1.39. The summed E-state index contributed by atoms with van der Waals surface area (Å²) in [6.07, 6.45) is 2.69. The van der Waals surface area contributed by atoms with E-state index in [1.54, 1.807) is 6.33 Å². The molecule has 0 amide bonds. The molecule has 3 aromatic carbocycles. The van der Waals surface area contributed by atoms with Crippen LogP contribution in [0.2, 0.25) is 0 Å². The highest BCUT2D eigenvalue weighted by Crippen LogP contribution is 2.30. The molecule has 5 rings (SSSR count). The van der Waals surface area contributed by atoms with Crippen LogP contribution in [0, 0.1) is 24.7 Å². The summed E-state index contributed by atoms with van der Waals surface area (Å²) in [6.45, 7) is 4.06. The first-order chi connectivity index (χ1) is 15.7. The summed E-state index contributed by atoms with van der Waals surface area (Å²) >= 11 is 0. The fourth-order valence-electron chi connectivity index (χ4n) is 3.79. The van der Waals surface area contributed by atoms with Gasteiger partial charge in [-0.05, 0) is 74.0 Å². The summed E-state index contributed by atoms with van der Waals surface area (Å²) in [4.78, 5) is 8.90. The third-order valence-corrected chi connectivity index (χ3v) is 5.52. The number of para-hydroxylation sites is 1. The quantitative estimate of drug-likeness (QED) is 0.431. The van der Waals surface area contributed by atoms with E-state index in [1.165, 1.54) is 0 Å². The summed E-state index contributed by atoms with van der Waals surface area (Å²) in [5.41, 5.74) is 3.84. The Morgan fingerprint density at radius 1 is 1.03 bits per heavy atom. The van der Waals surface area contributed by atoms with Crippen molar-refractivity contribution in [2.45, 2.75) is 13.3 Å². The fraction of sp³-hybridized carbons (Fsp3) is 0.185. The van der Waals surface area contributed by atoms with Gasteiger partial charge >= 0.3 is 0 Å². The van der Waals surface area contributed by atoms with Crippen LogP contribution < -0.4 is 15.4 Å². The van der Waals surface area contributed by atoms with Gasteiger partial charge in [-0.25, -0.2) is 9.97 Å². The van der Waals surface area contributed by atoms with Crippen molar-refractivity contribution >= 4 is 22.4 Å². The van der Waals surface area contributed by atoms with Crippen molar-refractivity contribution < 1.29 is 4.74 Å². The zero-order chi connectivity index (χ0) is 21.8. The Kier molecular flexibility index (Phi) is 5.69. The van der Waals surface area contributed by atoms with Crippen LogP contribution in [0.1, 0.15) is 17.5 Å². The SMILES string of the molecule is Cc1cc(Nc2ncnc3ccc(C#CC4CCNC4)cc23)ccc1Oc1ccccc1. The van der Waals surface area contributed by atoms with Crippen LogP contribution in [-0.4, -0.2) is 23.1 Å². The summed E-state index contributed by atoms with van der Waals surface area (Å²) in [7, 11) is 0. The first-order valence-electron chi connectivity index (χ1n) is 10.8. The minimum absolute atomic E-state index is 0.426. The first kappa shape index (κ1) is 20.0. The second kappa shape index (κ2) is 9.09. The van der Waals surface area contributed by atoms with Crippen molar-refractivity contribution in [3.63, 3.8) is 0 Å². The van der Waals surface area contributed by atoms with Crippen LogP contribution in [0.25, 0.3) is 10.9 Å². The predicted molar refractivity (Wildman–Crippen MR) is 128 cm³/mol. The highest BCUT2D eigenvalue weighted by atomic mass is 16.5. The lowest BCUT2D eigenvalue weighted by Gasteiger charge is -2.12. The van der Waals surface area contributed by atoms with Crippen molar-refractivity contribution in [3.05, 3.63) is 84.2 Å². The molecule has 1 saturated heterocycles. The zero-order valence-corrected chi connectivity index (χ0v) is 17.9. The lowest BCUT2D eigenvalue weighted by Crippen LogP contribution is -2.07. The molecule has 0 bridgehead atoms. The third-order valence-electron chi connectivity index (χ3n) is 5.52. The number of nitrogens with zero attached hydrogens (tertiary/aromatic N) is 2. The lowest BCUT2D eigenvalue weighted by molar-refractivity contribution is 0.479. The van der Waals surface area contributed by atoms with Crippen LogP contribution in [-0.2, 0) is 0 Å². The molecule has 0 spiro atoms. The molecule has 0 radical (unpaired) electrons. The molecule has 1 atom stereocenters. The largest absolute Gasteiger partial charge is 0.457 e. The van der Waals surface area contributed by atoms with Gasteiger partial charge in [0.05, 0.1) is 5.52 Å². The average Bonchev–Trinajstić information content (AvgIpc) is 3.34. The van der Waals surface area contributed by atoms with Gasteiger partial charge in [0.15, 0.2) is 0 Å². The maximum atomic E-state index is 6.00. The normalized spacial score (nSPS) is 15.2. The van der Waals surface area contributed by atoms with E-state index in [0.29, 0.717) is 5.92 Å². The van der Waals surface area contributed by atoms with E-state index < -0.39 is 0 Å². The Labute approximate surface area is 187 Å². The molecule has 5 nitrogen and oxygen atoms in total. The number of aromatic nitrogens is 2. The fourth-order valence-corrected chi connectivity index (χ4v) is 3.79. The number of aryl methyl sites for hydroxylation is 1. The Morgan fingerprint density at radius 3 is 2.75 bits per heavy atom. The number of anilines is 2.